The van der Waals surface area contributed by atoms with E-state index in [0.29, 0.717) is 6.42 Å². The van der Waals surface area contributed by atoms with Crippen molar-refractivity contribution in [2.45, 2.75) is 13.3 Å². The van der Waals surface area contributed by atoms with E-state index >= 15 is 0 Å². The van der Waals surface area contributed by atoms with Crippen LogP contribution in [-0.2, 0) is 18.3 Å². The fourth-order valence-corrected chi connectivity index (χ4v) is 2.20. The van der Waals surface area contributed by atoms with E-state index in [4.69, 9.17) is 4.42 Å². The van der Waals surface area contributed by atoms with Crippen molar-refractivity contribution in [1.82, 2.24) is 9.78 Å². The lowest BCUT2D eigenvalue weighted by Gasteiger charge is -2.05. The summed E-state index contributed by atoms with van der Waals surface area (Å²) < 4.78 is 7.20. The van der Waals surface area contributed by atoms with Gasteiger partial charge in [-0.25, -0.2) is 0 Å². The highest BCUT2D eigenvalue weighted by molar-refractivity contribution is 5.94. The molecule has 0 bridgehead atoms. The second-order valence-electron chi connectivity index (χ2n) is 4.78. The van der Waals surface area contributed by atoms with Crippen molar-refractivity contribution in [3.63, 3.8) is 0 Å². The largest absolute Gasteiger partial charge is 0.461 e. The summed E-state index contributed by atoms with van der Waals surface area (Å²) >= 11 is 0. The summed E-state index contributed by atoms with van der Waals surface area (Å²) in [5, 5.41) is 7.92. The number of hydrogen-bond acceptors (Lipinski definition) is 3. The Balaban J connectivity index is 1.75. The van der Waals surface area contributed by atoms with Crippen LogP contribution in [0.25, 0.3) is 11.0 Å². The first-order chi connectivity index (χ1) is 9.61. The normalized spacial score (nSPS) is 10.9. The molecule has 1 N–H and O–H groups in total. The number of benzene rings is 1. The number of aromatic nitrogens is 2. The van der Waals surface area contributed by atoms with E-state index in [-0.39, 0.29) is 5.91 Å². The maximum Gasteiger partial charge on any atom is 0.230 e. The molecule has 0 fully saturated rings. The van der Waals surface area contributed by atoms with Gasteiger partial charge in [-0.1, -0.05) is 0 Å². The standard InChI is InChI=1S/C15H15N3O2/c1-10-7-11-8-12(3-4-14(11)20-10)17-15(19)9-13-5-6-16-18(13)2/h3-8H,9H2,1-2H3,(H,17,19). The van der Waals surface area contributed by atoms with Gasteiger partial charge >= 0.3 is 0 Å². The zero-order valence-corrected chi connectivity index (χ0v) is 11.4. The average Bonchev–Trinajstić information content (AvgIpc) is 2.94. The van der Waals surface area contributed by atoms with E-state index in [9.17, 15) is 4.79 Å². The van der Waals surface area contributed by atoms with Gasteiger partial charge in [0.2, 0.25) is 5.91 Å². The van der Waals surface area contributed by atoms with E-state index in [1.54, 1.807) is 10.9 Å². The number of fused-ring (bicyclic) bond motifs is 1. The molecule has 1 amide bonds. The topological polar surface area (TPSA) is 60.1 Å². The minimum Gasteiger partial charge on any atom is -0.461 e. The highest BCUT2D eigenvalue weighted by Gasteiger charge is 2.08. The molecule has 0 saturated heterocycles. The Morgan fingerprint density at radius 2 is 2.20 bits per heavy atom. The maximum absolute atomic E-state index is 12.0. The number of amides is 1. The molecular weight excluding hydrogens is 254 g/mol. The lowest BCUT2D eigenvalue weighted by atomic mass is 10.2. The summed E-state index contributed by atoms with van der Waals surface area (Å²) in [4.78, 5) is 12.0. The first-order valence-electron chi connectivity index (χ1n) is 6.39. The Hall–Kier alpha value is -2.56. The maximum atomic E-state index is 12.0. The Morgan fingerprint density at radius 3 is 2.95 bits per heavy atom. The molecule has 20 heavy (non-hydrogen) atoms. The minimum atomic E-state index is -0.0619. The van der Waals surface area contributed by atoms with Gasteiger partial charge in [0.15, 0.2) is 0 Å². The van der Waals surface area contributed by atoms with E-state index in [2.05, 4.69) is 10.4 Å². The van der Waals surface area contributed by atoms with Crippen LogP contribution in [0.2, 0.25) is 0 Å². The number of aryl methyl sites for hydroxylation is 2. The summed E-state index contributed by atoms with van der Waals surface area (Å²) in [5.41, 5.74) is 2.47. The Kier molecular flexibility index (Phi) is 3.02. The van der Waals surface area contributed by atoms with E-state index in [0.717, 1.165) is 28.1 Å². The monoisotopic (exact) mass is 269 g/mol. The van der Waals surface area contributed by atoms with Crippen LogP contribution in [-0.4, -0.2) is 15.7 Å². The average molecular weight is 269 g/mol. The molecule has 3 rings (SSSR count). The van der Waals surface area contributed by atoms with Crippen LogP contribution in [0.15, 0.2) is 40.9 Å². The predicted octanol–water partition coefficient (Wildman–Crippen LogP) is 2.66. The number of rotatable bonds is 3. The fourth-order valence-electron chi connectivity index (χ4n) is 2.20. The molecule has 0 atom stereocenters. The Labute approximate surface area is 116 Å². The summed E-state index contributed by atoms with van der Waals surface area (Å²) in [7, 11) is 1.82. The molecule has 2 aromatic heterocycles. The fraction of sp³-hybridized carbons (Fsp3) is 0.200. The third kappa shape index (κ3) is 2.42. The van der Waals surface area contributed by atoms with E-state index in [1.165, 1.54) is 0 Å². The number of carbonyl (C=O) groups is 1. The SMILES string of the molecule is Cc1cc2cc(NC(=O)Cc3ccnn3C)ccc2o1. The Bertz CT molecular complexity index is 770. The van der Waals surface area contributed by atoms with E-state index < -0.39 is 0 Å². The number of hydrogen-bond donors (Lipinski definition) is 1. The zero-order chi connectivity index (χ0) is 14.1. The van der Waals surface area contributed by atoms with Gasteiger partial charge in [-0.05, 0) is 37.3 Å². The van der Waals surface area contributed by atoms with Gasteiger partial charge in [-0.3, -0.25) is 9.48 Å². The van der Waals surface area contributed by atoms with Crippen LogP contribution in [0.3, 0.4) is 0 Å². The molecule has 0 aliphatic heterocycles. The molecule has 102 valence electrons. The third-order valence-electron chi connectivity index (χ3n) is 3.19. The minimum absolute atomic E-state index is 0.0619. The zero-order valence-electron chi connectivity index (χ0n) is 11.4. The van der Waals surface area contributed by atoms with Crippen molar-refractivity contribution < 1.29 is 9.21 Å². The molecule has 0 saturated carbocycles. The van der Waals surface area contributed by atoms with Crippen LogP contribution < -0.4 is 5.32 Å². The molecular formula is C15H15N3O2. The number of nitrogens with one attached hydrogen (secondary N) is 1. The molecule has 2 heterocycles. The lowest BCUT2D eigenvalue weighted by molar-refractivity contribution is -0.115. The van der Waals surface area contributed by atoms with Gasteiger partial charge in [0.1, 0.15) is 11.3 Å². The second-order valence-corrected chi connectivity index (χ2v) is 4.78. The quantitative estimate of drug-likeness (QED) is 0.795. The van der Waals surface area contributed by atoms with Gasteiger partial charge in [-0.2, -0.15) is 5.10 Å². The second kappa shape index (κ2) is 4.85. The van der Waals surface area contributed by atoms with Crippen molar-refractivity contribution >= 4 is 22.6 Å². The Morgan fingerprint density at radius 1 is 1.35 bits per heavy atom. The third-order valence-corrected chi connectivity index (χ3v) is 3.19. The molecule has 3 aromatic rings. The predicted molar refractivity (Wildman–Crippen MR) is 76.5 cm³/mol. The molecule has 1 aromatic carbocycles. The van der Waals surface area contributed by atoms with Crippen molar-refractivity contribution in [2.24, 2.45) is 7.05 Å². The van der Waals surface area contributed by atoms with Gasteiger partial charge in [0.25, 0.3) is 0 Å². The van der Waals surface area contributed by atoms with Crippen molar-refractivity contribution in [2.75, 3.05) is 5.32 Å². The molecule has 0 aliphatic carbocycles. The summed E-state index contributed by atoms with van der Waals surface area (Å²) in [5.74, 6) is 0.798. The molecule has 5 heteroatoms. The number of anilines is 1. The van der Waals surface area contributed by atoms with Gasteiger partial charge in [-0.15, -0.1) is 0 Å². The smallest absolute Gasteiger partial charge is 0.230 e. The van der Waals surface area contributed by atoms with Gasteiger partial charge < -0.3 is 9.73 Å². The van der Waals surface area contributed by atoms with Crippen molar-refractivity contribution in [3.05, 3.63) is 48.0 Å². The highest BCUT2D eigenvalue weighted by Crippen LogP contribution is 2.22. The van der Waals surface area contributed by atoms with Crippen molar-refractivity contribution in [3.8, 4) is 0 Å². The number of nitrogens with zero attached hydrogens (tertiary/aromatic N) is 2. The van der Waals surface area contributed by atoms with Crippen LogP contribution in [0.4, 0.5) is 5.69 Å². The summed E-state index contributed by atoms with van der Waals surface area (Å²) in [6.45, 7) is 1.90. The van der Waals surface area contributed by atoms with Crippen LogP contribution in [0.5, 0.6) is 0 Å². The van der Waals surface area contributed by atoms with Crippen LogP contribution >= 0.6 is 0 Å². The van der Waals surface area contributed by atoms with Crippen molar-refractivity contribution in [1.29, 1.82) is 0 Å². The first kappa shape index (κ1) is 12.5. The van der Waals surface area contributed by atoms with E-state index in [1.807, 2.05) is 44.3 Å². The number of carbonyl (C=O) groups excluding carboxylic acids is 1. The summed E-state index contributed by atoms with van der Waals surface area (Å²) in [6, 6.07) is 9.40. The van der Waals surface area contributed by atoms with Gasteiger partial charge in [0, 0.05) is 30.0 Å². The van der Waals surface area contributed by atoms with Crippen LogP contribution in [0.1, 0.15) is 11.5 Å². The van der Waals surface area contributed by atoms with Gasteiger partial charge in [0.05, 0.1) is 6.42 Å². The first-order valence-corrected chi connectivity index (χ1v) is 6.39. The summed E-state index contributed by atoms with van der Waals surface area (Å²) in [6.07, 6.45) is 1.99. The molecule has 5 nitrogen and oxygen atoms in total. The molecule has 0 unspecified atom stereocenters. The molecule has 0 spiro atoms. The highest BCUT2D eigenvalue weighted by atomic mass is 16.3. The molecule has 0 radical (unpaired) electrons. The number of furan rings is 1. The molecule has 0 aliphatic rings. The van der Waals surface area contributed by atoms with Crippen LogP contribution in [0, 0.1) is 6.92 Å². The lowest BCUT2D eigenvalue weighted by Crippen LogP contribution is -2.16.